The van der Waals surface area contributed by atoms with Crippen molar-refractivity contribution >= 4 is 7.60 Å². The van der Waals surface area contributed by atoms with E-state index in [9.17, 15) is 4.57 Å². The zero-order chi connectivity index (χ0) is 8.91. The third-order valence-electron chi connectivity index (χ3n) is 1.44. The van der Waals surface area contributed by atoms with E-state index >= 15 is 0 Å². The Morgan fingerprint density at radius 2 is 2.09 bits per heavy atom. The van der Waals surface area contributed by atoms with Crippen LogP contribution >= 0.6 is 7.60 Å². The molecule has 1 unspecified atom stereocenters. The van der Waals surface area contributed by atoms with Crippen LogP contribution in [0.25, 0.3) is 0 Å². The highest BCUT2D eigenvalue weighted by Crippen LogP contribution is 2.44. The van der Waals surface area contributed by atoms with E-state index in [1.54, 1.807) is 0 Å². The van der Waals surface area contributed by atoms with Gasteiger partial charge in [0, 0.05) is 5.82 Å². The largest absolute Gasteiger partial charge is 0.351 e. The lowest BCUT2D eigenvalue weighted by molar-refractivity contribution is 0.171. The molecule has 66 valence electrons. The lowest BCUT2D eigenvalue weighted by Gasteiger charge is -2.15. The highest BCUT2D eigenvalue weighted by atomic mass is 31.2. The molecule has 0 saturated heterocycles. The van der Waals surface area contributed by atoms with E-state index in [0.29, 0.717) is 0 Å². The van der Waals surface area contributed by atoms with Crippen LogP contribution in [0.5, 0.6) is 0 Å². The van der Waals surface area contributed by atoms with Crippen LogP contribution in [0.1, 0.15) is 26.7 Å². The molecular formula is C7H15O3P. The smallest absolute Gasteiger partial charge is 0.321 e. The van der Waals surface area contributed by atoms with E-state index < -0.39 is 7.60 Å². The highest BCUT2D eigenvalue weighted by molar-refractivity contribution is 7.56. The summed E-state index contributed by atoms with van der Waals surface area (Å²) in [5, 5.41) is 0. The van der Waals surface area contributed by atoms with E-state index in [-0.39, 0.29) is 6.10 Å². The Labute approximate surface area is 67.6 Å². The van der Waals surface area contributed by atoms with Crippen LogP contribution in [0, 0.1) is 0 Å². The first-order valence-electron chi connectivity index (χ1n) is 3.70. The predicted octanol–water partition coefficient (Wildman–Crippen LogP) is 2.52. The van der Waals surface area contributed by atoms with Gasteiger partial charge in [0.15, 0.2) is 0 Å². The molecular weight excluding hydrogens is 163 g/mol. The number of rotatable bonds is 5. The molecule has 0 spiro atoms. The van der Waals surface area contributed by atoms with E-state index in [0.717, 1.165) is 18.7 Å². The summed E-state index contributed by atoms with van der Waals surface area (Å²) in [6.07, 6.45) is 1.35. The fraction of sp³-hybridized carbons (Fsp3) is 0.714. The van der Waals surface area contributed by atoms with Crippen molar-refractivity contribution in [2.24, 2.45) is 0 Å². The van der Waals surface area contributed by atoms with Crippen LogP contribution in [0.2, 0.25) is 0 Å². The van der Waals surface area contributed by atoms with Gasteiger partial charge in [0.1, 0.15) is 0 Å². The molecule has 1 N–H and O–H groups in total. The van der Waals surface area contributed by atoms with E-state index in [4.69, 9.17) is 9.42 Å². The third kappa shape index (κ3) is 4.35. The highest BCUT2D eigenvalue weighted by Gasteiger charge is 2.18. The summed E-state index contributed by atoms with van der Waals surface area (Å²) >= 11 is 0. The van der Waals surface area contributed by atoms with Crippen LogP contribution in [0.3, 0.4) is 0 Å². The summed E-state index contributed by atoms with van der Waals surface area (Å²) in [6, 6.07) is 0. The molecule has 1 atom stereocenters. The fourth-order valence-electron chi connectivity index (χ4n) is 0.694. The van der Waals surface area contributed by atoms with Gasteiger partial charge < -0.3 is 9.42 Å². The SMILES string of the molecule is C=CP(=O)(O)OC(CC)CC. The van der Waals surface area contributed by atoms with Gasteiger partial charge in [-0.2, -0.15) is 0 Å². The Kier molecular flexibility index (Phi) is 4.66. The Bertz CT molecular complexity index is 163. The summed E-state index contributed by atoms with van der Waals surface area (Å²) < 4.78 is 15.8. The fourth-order valence-corrected chi connectivity index (χ4v) is 1.51. The minimum absolute atomic E-state index is 0.135. The first-order valence-corrected chi connectivity index (χ1v) is 5.34. The molecule has 4 heteroatoms. The minimum Gasteiger partial charge on any atom is -0.321 e. The van der Waals surface area contributed by atoms with Gasteiger partial charge >= 0.3 is 7.60 Å². The maximum Gasteiger partial charge on any atom is 0.351 e. The third-order valence-corrected chi connectivity index (χ3v) is 2.50. The maximum atomic E-state index is 10.9. The summed E-state index contributed by atoms with van der Waals surface area (Å²) in [6.45, 7) is 7.04. The zero-order valence-electron chi connectivity index (χ0n) is 6.99. The average molecular weight is 178 g/mol. The van der Waals surface area contributed by atoms with Crippen molar-refractivity contribution in [1.29, 1.82) is 0 Å². The average Bonchev–Trinajstić information content (AvgIpc) is 2.00. The predicted molar refractivity (Wildman–Crippen MR) is 45.5 cm³/mol. The van der Waals surface area contributed by atoms with Crippen LogP contribution < -0.4 is 0 Å². The lowest BCUT2D eigenvalue weighted by atomic mass is 10.2. The second kappa shape index (κ2) is 4.70. The maximum absolute atomic E-state index is 10.9. The molecule has 0 bridgehead atoms. The minimum atomic E-state index is -3.50. The van der Waals surface area contributed by atoms with Gasteiger partial charge in [-0.15, -0.1) is 0 Å². The molecule has 0 heterocycles. The van der Waals surface area contributed by atoms with Crippen LogP contribution in [-0.4, -0.2) is 11.0 Å². The molecule has 0 aromatic carbocycles. The van der Waals surface area contributed by atoms with Crippen molar-refractivity contribution in [3.05, 3.63) is 12.4 Å². The standard InChI is InChI=1S/C7H15O3P/c1-4-7(5-2)10-11(8,9)6-3/h6-7H,3-5H2,1-2H3,(H,8,9). The van der Waals surface area contributed by atoms with Gasteiger partial charge in [0.2, 0.25) is 0 Å². The first-order chi connectivity index (χ1) is 5.05. The molecule has 11 heavy (non-hydrogen) atoms. The second-order valence-electron chi connectivity index (χ2n) is 2.29. The van der Waals surface area contributed by atoms with Crippen molar-refractivity contribution < 1.29 is 14.0 Å². The topological polar surface area (TPSA) is 46.5 Å². The Hall–Kier alpha value is -0.110. The molecule has 0 aromatic rings. The Morgan fingerprint density at radius 1 is 1.64 bits per heavy atom. The van der Waals surface area contributed by atoms with Gasteiger partial charge in [-0.25, -0.2) is 0 Å². The van der Waals surface area contributed by atoms with E-state index in [2.05, 4.69) is 6.58 Å². The Morgan fingerprint density at radius 3 is 2.36 bits per heavy atom. The first kappa shape index (κ1) is 10.9. The molecule has 0 fully saturated rings. The van der Waals surface area contributed by atoms with E-state index in [1.807, 2.05) is 13.8 Å². The van der Waals surface area contributed by atoms with Gasteiger partial charge in [0.05, 0.1) is 6.10 Å². The molecule has 0 amide bonds. The zero-order valence-corrected chi connectivity index (χ0v) is 7.88. The normalized spacial score (nSPS) is 16.4. The molecule has 3 nitrogen and oxygen atoms in total. The van der Waals surface area contributed by atoms with Crippen LogP contribution in [0.15, 0.2) is 12.4 Å². The quantitative estimate of drug-likeness (QED) is 0.658. The summed E-state index contributed by atoms with van der Waals surface area (Å²) in [5.74, 6) is 0.964. The van der Waals surface area contributed by atoms with Crippen molar-refractivity contribution in [3.8, 4) is 0 Å². The molecule has 0 rings (SSSR count). The summed E-state index contributed by atoms with van der Waals surface area (Å²) in [5.41, 5.74) is 0. The Balaban J connectivity index is 4.00. The lowest BCUT2D eigenvalue weighted by Crippen LogP contribution is -2.07. The monoisotopic (exact) mass is 178 g/mol. The van der Waals surface area contributed by atoms with Crippen molar-refractivity contribution in [3.63, 3.8) is 0 Å². The molecule has 0 aromatic heterocycles. The summed E-state index contributed by atoms with van der Waals surface area (Å²) in [4.78, 5) is 8.97. The second-order valence-corrected chi connectivity index (χ2v) is 3.99. The molecule has 0 radical (unpaired) electrons. The van der Waals surface area contributed by atoms with Crippen LogP contribution in [0.4, 0.5) is 0 Å². The van der Waals surface area contributed by atoms with Gasteiger partial charge in [-0.1, -0.05) is 20.4 Å². The number of hydrogen-bond donors (Lipinski definition) is 1. The molecule has 0 aliphatic rings. The number of hydrogen-bond acceptors (Lipinski definition) is 2. The van der Waals surface area contributed by atoms with Crippen LogP contribution in [-0.2, 0) is 9.09 Å². The molecule has 0 saturated carbocycles. The van der Waals surface area contributed by atoms with Gasteiger partial charge in [0.25, 0.3) is 0 Å². The van der Waals surface area contributed by atoms with E-state index in [1.165, 1.54) is 0 Å². The molecule has 0 aliphatic carbocycles. The molecule has 0 aliphatic heterocycles. The van der Waals surface area contributed by atoms with Gasteiger partial charge in [-0.3, -0.25) is 4.57 Å². The summed E-state index contributed by atoms with van der Waals surface area (Å²) in [7, 11) is -3.50. The van der Waals surface area contributed by atoms with Crippen molar-refractivity contribution in [2.75, 3.05) is 0 Å². The van der Waals surface area contributed by atoms with Crippen molar-refractivity contribution in [2.45, 2.75) is 32.8 Å². The van der Waals surface area contributed by atoms with Crippen molar-refractivity contribution in [1.82, 2.24) is 0 Å². The van der Waals surface area contributed by atoms with Gasteiger partial charge in [-0.05, 0) is 12.8 Å².